The summed E-state index contributed by atoms with van der Waals surface area (Å²) in [5.41, 5.74) is 8.11. The number of fused-ring (bicyclic) bond motifs is 1. The number of nitrogens with two attached hydrogens (primary N) is 1. The smallest absolute Gasteiger partial charge is 0.0359 e. The molecule has 1 aromatic rings. The van der Waals surface area contributed by atoms with Crippen LogP contribution in [0.5, 0.6) is 0 Å². The van der Waals surface area contributed by atoms with Gasteiger partial charge in [-0.05, 0) is 50.4 Å². The molecule has 98 valence electrons. The maximum absolute atomic E-state index is 5.97. The third-order valence-corrected chi connectivity index (χ3v) is 4.46. The van der Waals surface area contributed by atoms with Crippen LogP contribution in [0, 0.1) is 0 Å². The van der Waals surface area contributed by atoms with Crippen molar-refractivity contribution in [2.75, 3.05) is 18.8 Å². The molecule has 0 aliphatic carbocycles. The van der Waals surface area contributed by atoms with E-state index in [-0.39, 0.29) is 0 Å². The number of hydrogen-bond acceptors (Lipinski definition) is 3. The first-order valence-corrected chi connectivity index (χ1v) is 7.14. The molecule has 3 nitrogen and oxygen atoms in total. The van der Waals surface area contributed by atoms with Crippen LogP contribution < -0.4 is 11.1 Å². The maximum atomic E-state index is 5.97. The quantitative estimate of drug-likeness (QED) is 0.800. The maximum Gasteiger partial charge on any atom is 0.0359 e. The van der Waals surface area contributed by atoms with Gasteiger partial charge >= 0.3 is 0 Å². The predicted molar refractivity (Wildman–Crippen MR) is 75.3 cm³/mol. The lowest BCUT2D eigenvalue weighted by Gasteiger charge is -2.35. The fourth-order valence-electron chi connectivity index (χ4n) is 3.36. The average molecular weight is 245 g/mol. The molecule has 0 radical (unpaired) electrons. The molecule has 2 fully saturated rings. The number of para-hydroxylation sites is 1. The van der Waals surface area contributed by atoms with Crippen molar-refractivity contribution < 1.29 is 0 Å². The zero-order valence-corrected chi connectivity index (χ0v) is 10.9. The van der Waals surface area contributed by atoms with Crippen molar-refractivity contribution in [1.82, 2.24) is 10.2 Å². The van der Waals surface area contributed by atoms with Crippen LogP contribution in [0.4, 0.5) is 5.69 Å². The highest BCUT2D eigenvalue weighted by atomic mass is 15.2. The Balaban J connectivity index is 1.53. The molecular weight excluding hydrogens is 222 g/mol. The Bertz CT molecular complexity index is 404. The SMILES string of the molecule is Nc1ccccc1CNC1CCN2CCCC2C1. The van der Waals surface area contributed by atoms with E-state index >= 15 is 0 Å². The summed E-state index contributed by atoms with van der Waals surface area (Å²) in [7, 11) is 0. The Kier molecular flexibility index (Phi) is 3.52. The minimum Gasteiger partial charge on any atom is -0.398 e. The summed E-state index contributed by atoms with van der Waals surface area (Å²) in [5, 5.41) is 3.68. The van der Waals surface area contributed by atoms with Crippen LogP contribution in [0.1, 0.15) is 31.2 Å². The van der Waals surface area contributed by atoms with Gasteiger partial charge in [-0.1, -0.05) is 18.2 Å². The van der Waals surface area contributed by atoms with Crippen LogP contribution in [-0.2, 0) is 6.54 Å². The van der Waals surface area contributed by atoms with E-state index in [2.05, 4.69) is 22.3 Å². The van der Waals surface area contributed by atoms with Gasteiger partial charge in [0, 0.05) is 24.3 Å². The topological polar surface area (TPSA) is 41.3 Å². The predicted octanol–water partition coefficient (Wildman–Crippen LogP) is 1.99. The van der Waals surface area contributed by atoms with E-state index in [9.17, 15) is 0 Å². The number of benzene rings is 1. The van der Waals surface area contributed by atoms with Crippen LogP contribution in [0.3, 0.4) is 0 Å². The van der Waals surface area contributed by atoms with Crippen LogP contribution in [-0.4, -0.2) is 30.1 Å². The molecule has 2 heterocycles. The van der Waals surface area contributed by atoms with E-state index in [1.807, 2.05) is 12.1 Å². The van der Waals surface area contributed by atoms with E-state index < -0.39 is 0 Å². The van der Waals surface area contributed by atoms with E-state index in [0.29, 0.717) is 6.04 Å². The van der Waals surface area contributed by atoms with E-state index in [1.165, 1.54) is 44.3 Å². The number of anilines is 1. The summed E-state index contributed by atoms with van der Waals surface area (Å²) in [5.74, 6) is 0. The molecule has 3 N–H and O–H groups in total. The van der Waals surface area contributed by atoms with Crippen molar-refractivity contribution in [3.8, 4) is 0 Å². The lowest BCUT2D eigenvalue weighted by atomic mass is 9.97. The van der Waals surface area contributed by atoms with Gasteiger partial charge in [0.2, 0.25) is 0 Å². The summed E-state index contributed by atoms with van der Waals surface area (Å²) in [6.07, 6.45) is 5.38. The Labute approximate surface area is 109 Å². The van der Waals surface area contributed by atoms with Crippen LogP contribution in [0.2, 0.25) is 0 Å². The van der Waals surface area contributed by atoms with Crippen molar-refractivity contribution in [2.24, 2.45) is 0 Å². The Morgan fingerprint density at radius 2 is 2.11 bits per heavy atom. The van der Waals surface area contributed by atoms with Crippen molar-refractivity contribution in [1.29, 1.82) is 0 Å². The summed E-state index contributed by atoms with van der Waals surface area (Å²) >= 11 is 0. The van der Waals surface area contributed by atoms with Gasteiger partial charge in [0.05, 0.1) is 0 Å². The summed E-state index contributed by atoms with van der Waals surface area (Å²) < 4.78 is 0. The Morgan fingerprint density at radius 1 is 1.22 bits per heavy atom. The zero-order chi connectivity index (χ0) is 12.4. The molecule has 3 heteroatoms. The number of piperidine rings is 1. The molecule has 3 rings (SSSR count). The normalized spacial score (nSPS) is 28.2. The van der Waals surface area contributed by atoms with Gasteiger partial charge < -0.3 is 16.0 Å². The highest BCUT2D eigenvalue weighted by Gasteiger charge is 2.31. The number of rotatable bonds is 3. The largest absolute Gasteiger partial charge is 0.398 e. The summed E-state index contributed by atoms with van der Waals surface area (Å²) in [6.45, 7) is 3.50. The highest BCUT2D eigenvalue weighted by Crippen LogP contribution is 2.27. The first-order valence-electron chi connectivity index (χ1n) is 7.14. The fourth-order valence-corrected chi connectivity index (χ4v) is 3.36. The molecule has 0 spiro atoms. The van der Waals surface area contributed by atoms with Crippen molar-refractivity contribution in [2.45, 2.75) is 44.3 Å². The van der Waals surface area contributed by atoms with Gasteiger partial charge in [0.15, 0.2) is 0 Å². The molecule has 2 aliphatic rings. The lowest BCUT2D eigenvalue weighted by Crippen LogP contribution is -2.45. The first-order chi connectivity index (χ1) is 8.83. The molecule has 18 heavy (non-hydrogen) atoms. The Morgan fingerprint density at radius 3 is 3.00 bits per heavy atom. The minimum atomic E-state index is 0.670. The number of nitrogens with one attached hydrogen (secondary N) is 1. The summed E-state index contributed by atoms with van der Waals surface area (Å²) in [4.78, 5) is 2.66. The van der Waals surface area contributed by atoms with Gasteiger partial charge in [-0.15, -0.1) is 0 Å². The molecule has 0 bridgehead atoms. The monoisotopic (exact) mass is 245 g/mol. The molecule has 0 aromatic heterocycles. The van der Waals surface area contributed by atoms with Gasteiger partial charge in [-0.3, -0.25) is 0 Å². The van der Waals surface area contributed by atoms with Crippen molar-refractivity contribution in [3.63, 3.8) is 0 Å². The third kappa shape index (κ3) is 2.52. The minimum absolute atomic E-state index is 0.670. The van der Waals surface area contributed by atoms with Gasteiger partial charge in [-0.2, -0.15) is 0 Å². The molecule has 2 saturated heterocycles. The second-order valence-electron chi connectivity index (χ2n) is 5.63. The summed E-state index contributed by atoms with van der Waals surface area (Å²) in [6, 6.07) is 9.67. The standard InChI is InChI=1S/C15H23N3/c16-15-6-2-1-4-12(15)11-17-13-7-9-18-8-3-5-14(18)10-13/h1-2,4,6,13-14,17H,3,5,7-11,16H2. The number of hydrogen-bond donors (Lipinski definition) is 2. The number of nitrogens with zero attached hydrogens (tertiary/aromatic N) is 1. The zero-order valence-electron chi connectivity index (χ0n) is 10.9. The first kappa shape index (κ1) is 12.0. The van der Waals surface area contributed by atoms with Crippen molar-refractivity contribution >= 4 is 5.69 Å². The van der Waals surface area contributed by atoms with E-state index in [4.69, 9.17) is 5.73 Å². The third-order valence-electron chi connectivity index (χ3n) is 4.46. The van der Waals surface area contributed by atoms with Gasteiger partial charge in [0.1, 0.15) is 0 Å². The van der Waals surface area contributed by atoms with Gasteiger partial charge in [-0.25, -0.2) is 0 Å². The molecule has 2 atom stereocenters. The van der Waals surface area contributed by atoms with Crippen LogP contribution in [0.15, 0.2) is 24.3 Å². The molecule has 0 saturated carbocycles. The van der Waals surface area contributed by atoms with E-state index in [0.717, 1.165) is 18.3 Å². The average Bonchev–Trinajstić information content (AvgIpc) is 2.85. The molecule has 1 aromatic carbocycles. The second kappa shape index (κ2) is 5.29. The van der Waals surface area contributed by atoms with Crippen LogP contribution in [0.25, 0.3) is 0 Å². The van der Waals surface area contributed by atoms with Crippen molar-refractivity contribution in [3.05, 3.63) is 29.8 Å². The second-order valence-corrected chi connectivity index (χ2v) is 5.63. The molecule has 0 amide bonds. The molecule has 2 aliphatic heterocycles. The highest BCUT2D eigenvalue weighted by molar-refractivity contribution is 5.46. The fraction of sp³-hybridized carbons (Fsp3) is 0.600. The van der Waals surface area contributed by atoms with Crippen LogP contribution >= 0.6 is 0 Å². The number of nitrogen functional groups attached to an aromatic ring is 1. The van der Waals surface area contributed by atoms with E-state index in [1.54, 1.807) is 0 Å². The molecule has 2 unspecified atom stereocenters. The van der Waals surface area contributed by atoms with Gasteiger partial charge in [0.25, 0.3) is 0 Å². The Hall–Kier alpha value is -1.06. The molecular formula is C15H23N3. The lowest BCUT2D eigenvalue weighted by molar-refractivity contribution is 0.166.